The van der Waals surface area contributed by atoms with E-state index in [9.17, 15) is 9.50 Å². The lowest BCUT2D eigenvalue weighted by Crippen LogP contribution is -2.52. The van der Waals surface area contributed by atoms with E-state index < -0.39 is 0 Å². The van der Waals surface area contributed by atoms with Crippen LogP contribution in [0.25, 0.3) is 0 Å². The number of aryl methyl sites for hydroxylation is 1. The van der Waals surface area contributed by atoms with E-state index in [-0.39, 0.29) is 18.5 Å². The summed E-state index contributed by atoms with van der Waals surface area (Å²) in [5.41, 5.74) is 2.83. The summed E-state index contributed by atoms with van der Waals surface area (Å²) in [6.07, 6.45) is 0.701. The van der Waals surface area contributed by atoms with E-state index in [4.69, 9.17) is 0 Å². The minimum absolute atomic E-state index is 0.148. The Hall–Kier alpha value is -1.82. The van der Waals surface area contributed by atoms with E-state index in [1.165, 1.54) is 6.07 Å². The highest BCUT2D eigenvalue weighted by molar-refractivity contribution is 5.17. The Morgan fingerprint density at radius 2 is 1.96 bits per heavy atom. The fraction of sp³-hybridized carbons (Fsp3) is 0.450. The lowest BCUT2D eigenvalue weighted by atomic mass is 10.1. The first-order valence-electron chi connectivity index (χ1n) is 8.89. The van der Waals surface area contributed by atoms with Crippen LogP contribution in [0.5, 0.6) is 0 Å². The lowest BCUT2D eigenvalue weighted by molar-refractivity contribution is 0.0487. The molecule has 0 radical (unpaired) electrons. The molecule has 2 heterocycles. The monoisotopic (exact) mass is 343 g/mol. The Balaban J connectivity index is 1.65. The third-order valence-electron chi connectivity index (χ3n) is 4.81. The molecular weight excluding hydrogens is 317 g/mol. The van der Waals surface area contributed by atoms with Crippen molar-refractivity contribution in [1.82, 2.24) is 14.8 Å². The van der Waals surface area contributed by atoms with Crippen LogP contribution in [-0.2, 0) is 13.1 Å². The van der Waals surface area contributed by atoms with Crippen LogP contribution in [0.2, 0.25) is 0 Å². The highest BCUT2D eigenvalue weighted by Crippen LogP contribution is 2.19. The largest absolute Gasteiger partial charge is 0.396 e. The summed E-state index contributed by atoms with van der Waals surface area (Å²) >= 11 is 0. The topological polar surface area (TPSA) is 39.6 Å². The van der Waals surface area contributed by atoms with Crippen molar-refractivity contribution < 1.29 is 9.50 Å². The molecule has 0 saturated carbocycles. The number of nitrogens with zero attached hydrogens (tertiary/aromatic N) is 3. The summed E-state index contributed by atoms with van der Waals surface area (Å²) in [5, 5.41) is 9.44. The molecule has 1 aliphatic heterocycles. The van der Waals surface area contributed by atoms with E-state index in [1.54, 1.807) is 6.07 Å². The zero-order valence-corrected chi connectivity index (χ0v) is 14.7. The van der Waals surface area contributed by atoms with Gasteiger partial charge in [-0.25, -0.2) is 4.39 Å². The van der Waals surface area contributed by atoms with Crippen molar-refractivity contribution in [2.24, 2.45) is 0 Å². The minimum Gasteiger partial charge on any atom is -0.396 e. The Kier molecular flexibility index (Phi) is 6.13. The number of aliphatic hydroxyl groups excluding tert-OH is 1. The van der Waals surface area contributed by atoms with Crippen LogP contribution in [0, 0.1) is 12.7 Å². The molecule has 3 rings (SSSR count). The normalized spacial score (nSPS) is 19.2. The first-order valence-corrected chi connectivity index (χ1v) is 8.89. The molecule has 1 fully saturated rings. The fourth-order valence-electron chi connectivity index (χ4n) is 3.49. The van der Waals surface area contributed by atoms with Gasteiger partial charge in [-0.2, -0.15) is 0 Å². The van der Waals surface area contributed by atoms with Gasteiger partial charge in [0.15, 0.2) is 0 Å². The molecule has 0 bridgehead atoms. The molecular formula is C20H26FN3O. The van der Waals surface area contributed by atoms with E-state index in [2.05, 4.69) is 20.9 Å². The molecule has 1 aliphatic rings. The average molecular weight is 343 g/mol. The van der Waals surface area contributed by atoms with Crippen molar-refractivity contribution in [3.8, 4) is 0 Å². The molecule has 0 aliphatic carbocycles. The standard InChI is InChI=1S/C20H26FN3O/c1-16-5-4-7-18(22-16)14-23-10-11-24(19(15-23)9-12-25)13-17-6-2-3-8-20(17)21/h2-8,19,25H,9-15H2,1H3. The van der Waals surface area contributed by atoms with Gasteiger partial charge in [-0.1, -0.05) is 24.3 Å². The first kappa shape index (κ1) is 18.0. The molecule has 5 heteroatoms. The second-order valence-electron chi connectivity index (χ2n) is 6.73. The maximum absolute atomic E-state index is 14.0. The Morgan fingerprint density at radius 1 is 1.12 bits per heavy atom. The molecule has 4 nitrogen and oxygen atoms in total. The van der Waals surface area contributed by atoms with Crippen LogP contribution in [-0.4, -0.2) is 52.2 Å². The maximum atomic E-state index is 14.0. The van der Waals surface area contributed by atoms with E-state index in [0.717, 1.165) is 43.1 Å². The number of benzene rings is 1. The molecule has 0 spiro atoms. The summed E-state index contributed by atoms with van der Waals surface area (Å²) in [4.78, 5) is 9.24. The number of aliphatic hydroxyl groups is 1. The summed E-state index contributed by atoms with van der Waals surface area (Å²) in [7, 11) is 0. The summed E-state index contributed by atoms with van der Waals surface area (Å²) in [6.45, 7) is 6.21. The van der Waals surface area contributed by atoms with Gasteiger partial charge in [0.25, 0.3) is 0 Å². The molecule has 1 saturated heterocycles. The van der Waals surface area contributed by atoms with Crippen LogP contribution >= 0.6 is 0 Å². The SMILES string of the molecule is Cc1cccc(CN2CCN(Cc3ccccc3F)C(CCO)C2)n1. The van der Waals surface area contributed by atoms with Crippen molar-refractivity contribution in [2.75, 3.05) is 26.2 Å². The highest BCUT2D eigenvalue weighted by atomic mass is 19.1. The summed E-state index contributed by atoms with van der Waals surface area (Å²) in [6, 6.07) is 13.3. The minimum atomic E-state index is -0.156. The average Bonchev–Trinajstić information content (AvgIpc) is 2.59. The first-order chi connectivity index (χ1) is 12.2. The number of hydrogen-bond acceptors (Lipinski definition) is 4. The van der Waals surface area contributed by atoms with Crippen molar-refractivity contribution in [3.05, 3.63) is 65.2 Å². The zero-order chi connectivity index (χ0) is 17.6. The van der Waals surface area contributed by atoms with Gasteiger partial charge in [0.1, 0.15) is 5.82 Å². The third-order valence-corrected chi connectivity index (χ3v) is 4.81. The molecule has 134 valence electrons. The number of pyridine rings is 1. The molecule has 25 heavy (non-hydrogen) atoms. The Bertz CT molecular complexity index is 694. The smallest absolute Gasteiger partial charge is 0.127 e. The van der Waals surface area contributed by atoms with Gasteiger partial charge in [0, 0.05) is 56.6 Å². The van der Waals surface area contributed by atoms with Gasteiger partial charge < -0.3 is 5.11 Å². The molecule has 1 aromatic carbocycles. The van der Waals surface area contributed by atoms with Crippen molar-refractivity contribution in [3.63, 3.8) is 0 Å². The number of halogens is 1. The number of aromatic nitrogens is 1. The van der Waals surface area contributed by atoms with Crippen LogP contribution in [0.3, 0.4) is 0 Å². The van der Waals surface area contributed by atoms with Crippen molar-refractivity contribution in [1.29, 1.82) is 0 Å². The van der Waals surface area contributed by atoms with Gasteiger partial charge in [0.2, 0.25) is 0 Å². The second kappa shape index (κ2) is 8.52. The number of rotatable bonds is 6. The van der Waals surface area contributed by atoms with Gasteiger partial charge in [0.05, 0.1) is 5.69 Å². The number of piperazine rings is 1. The lowest BCUT2D eigenvalue weighted by Gasteiger charge is -2.41. The van der Waals surface area contributed by atoms with Crippen molar-refractivity contribution >= 4 is 0 Å². The Labute approximate surface area is 148 Å². The van der Waals surface area contributed by atoms with Gasteiger partial charge in [-0.05, 0) is 31.5 Å². The molecule has 1 atom stereocenters. The highest BCUT2D eigenvalue weighted by Gasteiger charge is 2.27. The van der Waals surface area contributed by atoms with Crippen LogP contribution in [0.4, 0.5) is 4.39 Å². The second-order valence-corrected chi connectivity index (χ2v) is 6.73. The maximum Gasteiger partial charge on any atom is 0.127 e. The third kappa shape index (κ3) is 4.84. The molecule has 1 unspecified atom stereocenters. The van der Waals surface area contributed by atoms with Gasteiger partial charge >= 0.3 is 0 Å². The Morgan fingerprint density at radius 3 is 2.72 bits per heavy atom. The summed E-state index contributed by atoms with van der Waals surface area (Å²) in [5.74, 6) is -0.156. The molecule has 0 amide bonds. The number of hydrogen-bond donors (Lipinski definition) is 1. The molecule has 1 N–H and O–H groups in total. The molecule has 2 aromatic rings. The van der Waals surface area contributed by atoms with Crippen LogP contribution in [0.1, 0.15) is 23.4 Å². The van der Waals surface area contributed by atoms with E-state index >= 15 is 0 Å². The van der Waals surface area contributed by atoms with E-state index in [1.807, 2.05) is 31.2 Å². The summed E-state index contributed by atoms with van der Waals surface area (Å²) < 4.78 is 14.0. The quantitative estimate of drug-likeness (QED) is 0.875. The molecule has 1 aromatic heterocycles. The predicted molar refractivity (Wildman–Crippen MR) is 96.6 cm³/mol. The van der Waals surface area contributed by atoms with Gasteiger partial charge in [-0.15, -0.1) is 0 Å². The van der Waals surface area contributed by atoms with Crippen LogP contribution in [0.15, 0.2) is 42.5 Å². The van der Waals surface area contributed by atoms with E-state index in [0.29, 0.717) is 13.0 Å². The zero-order valence-electron chi connectivity index (χ0n) is 14.7. The van der Waals surface area contributed by atoms with Gasteiger partial charge in [-0.3, -0.25) is 14.8 Å². The van der Waals surface area contributed by atoms with Crippen LogP contribution < -0.4 is 0 Å². The predicted octanol–water partition coefficient (Wildman–Crippen LogP) is 2.60. The fourth-order valence-corrected chi connectivity index (χ4v) is 3.49. The van der Waals surface area contributed by atoms with Crippen molar-refractivity contribution in [2.45, 2.75) is 32.5 Å².